The Labute approximate surface area is 155 Å². The quantitative estimate of drug-likeness (QED) is 0.602. The molecule has 26 heavy (non-hydrogen) atoms. The summed E-state index contributed by atoms with van der Waals surface area (Å²) in [6, 6.07) is 10.3. The van der Waals surface area contributed by atoms with Crippen molar-refractivity contribution >= 4 is 29.3 Å². The second-order valence-electron chi connectivity index (χ2n) is 6.16. The van der Waals surface area contributed by atoms with Crippen LogP contribution in [-0.2, 0) is 14.3 Å². The molecule has 0 aliphatic carbocycles. The normalized spacial score (nSPS) is 15.4. The summed E-state index contributed by atoms with van der Waals surface area (Å²) in [6.07, 6.45) is 4.64. The van der Waals surface area contributed by atoms with Crippen molar-refractivity contribution in [3.8, 4) is 10.4 Å². The lowest BCUT2D eigenvalue weighted by atomic mass is 9.97. The molecular formula is C20H20FNO3S. The summed E-state index contributed by atoms with van der Waals surface area (Å²) in [5.74, 6) is -0.611. The van der Waals surface area contributed by atoms with Crippen molar-refractivity contribution in [1.82, 2.24) is 4.90 Å². The third-order valence-corrected chi connectivity index (χ3v) is 5.59. The second-order valence-corrected chi connectivity index (χ2v) is 7.28. The van der Waals surface area contributed by atoms with Crippen molar-refractivity contribution in [3.63, 3.8) is 0 Å². The van der Waals surface area contributed by atoms with Crippen molar-refractivity contribution in [2.75, 3.05) is 20.2 Å². The van der Waals surface area contributed by atoms with Gasteiger partial charge in [-0.15, -0.1) is 11.3 Å². The molecule has 1 aromatic heterocycles. The van der Waals surface area contributed by atoms with Crippen molar-refractivity contribution < 1.29 is 18.7 Å². The molecule has 1 aliphatic rings. The number of benzene rings is 1. The Morgan fingerprint density at radius 2 is 1.85 bits per heavy atom. The number of piperidine rings is 1. The molecule has 0 saturated carbocycles. The van der Waals surface area contributed by atoms with Gasteiger partial charge in [-0.1, -0.05) is 12.1 Å². The largest absolute Gasteiger partial charge is 0.469 e. The minimum Gasteiger partial charge on any atom is -0.469 e. The maximum atomic E-state index is 13.0. The number of ether oxygens (including phenoxy) is 1. The van der Waals surface area contributed by atoms with Crippen molar-refractivity contribution in [1.29, 1.82) is 0 Å². The highest BCUT2D eigenvalue weighted by molar-refractivity contribution is 7.16. The standard InChI is InChI=1S/C20H20FNO3S/c1-25-20(24)15-10-12-22(13-11-15)19(23)9-7-17-6-8-18(26-17)14-2-4-16(21)5-3-14/h2-9,15H,10-13H2,1H3. The molecule has 0 unspecified atom stereocenters. The number of amides is 1. The zero-order valence-corrected chi connectivity index (χ0v) is 15.3. The van der Waals surface area contributed by atoms with Crippen LogP contribution >= 0.6 is 11.3 Å². The number of rotatable bonds is 4. The topological polar surface area (TPSA) is 46.6 Å². The number of halogens is 1. The zero-order valence-electron chi connectivity index (χ0n) is 14.5. The molecule has 0 radical (unpaired) electrons. The molecule has 1 amide bonds. The lowest BCUT2D eigenvalue weighted by molar-refractivity contribution is -0.148. The first-order chi connectivity index (χ1) is 12.6. The minimum absolute atomic E-state index is 0.0509. The van der Waals surface area contributed by atoms with Crippen molar-refractivity contribution in [2.45, 2.75) is 12.8 Å². The van der Waals surface area contributed by atoms with Crippen molar-refractivity contribution in [3.05, 3.63) is 53.2 Å². The van der Waals surface area contributed by atoms with Gasteiger partial charge in [0.05, 0.1) is 13.0 Å². The number of likely N-dealkylation sites (tertiary alicyclic amines) is 1. The van der Waals surface area contributed by atoms with Crippen LogP contribution in [0.5, 0.6) is 0 Å². The fraction of sp³-hybridized carbons (Fsp3) is 0.300. The number of methoxy groups -OCH3 is 1. The predicted molar refractivity (Wildman–Crippen MR) is 100 cm³/mol. The molecule has 1 aromatic carbocycles. The molecule has 1 saturated heterocycles. The highest BCUT2D eigenvalue weighted by atomic mass is 32.1. The van der Waals surface area contributed by atoms with Gasteiger partial charge in [-0.05, 0) is 48.7 Å². The third-order valence-electron chi connectivity index (χ3n) is 4.49. The molecular weight excluding hydrogens is 353 g/mol. The fourth-order valence-corrected chi connectivity index (χ4v) is 3.89. The van der Waals surface area contributed by atoms with E-state index in [4.69, 9.17) is 4.74 Å². The van der Waals surface area contributed by atoms with Crippen LogP contribution in [0.1, 0.15) is 17.7 Å². The van der Waals surface area contributed by atoms with E-state index in [1.807, 2.05) is 12.1 Å². The summed E-state index contributed by atoms with van der Waals surface area (Å²) < 4.78 is 17.8. The number of carbonyl (C=O) groups is 2. The highest BCUT2D eigenvalue weighted by Crippen LogP contribution is 2.29. The van der Waals surface area contributed by atoms with E-state index in [-0.39, 0.29) is 23.6 Å². The summed E-state index contributed by atoms with van der Waals surface area (Å²) >= 11 is 1.55. The Balaban J connectivity index is 1.57. The van der Waals surface area contributed by atoms with Gasteiger partial charge in [0.1, 0.15) is 5.82 Å². The van der Waals surface area contributed by atoms with Crippen LogP contribution in [0, 0.1) is 11.7 Å². The number of hydrogen-bond acceptors (Lipinski definition) is 4. The van der Waals surface area contributed by atoms with Gasteiger partial charge in [0, 0.05) is 28.9 Å². The van der Waals surface area contributed by atoms with Gasteiger partial charge in [-0.2, -0.15) is 0 Å². The Hall–Kier alpha value is -2.47. The van der Waals surface area contributed by atoms with Gasteiger partial charge in [0.2, 0.25) is 5.91 Å². The van der Waals surface area contributed by atoms with Crippen LogP contribution in [0.25, 0.3) is 16.5 Å². The van der Waals surface area contributed by atoms with E-state index in [0.717, 1.165) is 15.3 Å². The van der Waals surface area contributed by atoms with Crippen molar-refractivity contribution in [2.24, 2.45) is 5.92 Å². The van der Waals surface area contributed by atoms with E-state index in [1.165, 1.54) is 19.2 Å². The molecule has 0 N–H and O–H groups in total. The number of nitrogens with zero attached hydrogens (tertiary/aromatic N) is 1. The van der Waals surface area contributed by atoms with E-state index in [0.29, 0.717) is 25.9 Å². The third kappa shape index (κ3) is 4.38. The Bertz CT molecular complexity index is 805. The molecule has 1 fully saturated rings. The number of esters is 1. The molecule has 4 nitrogen and oxygen atoms in total. The summed E-state index contributed by atoms with van der Waals surface area (Å²) in [5, 5.41) is 0. The predicted octanol–water partition coefficient (Wildman–Crippen LogP) is 3.98. The van der Waals surface area contributed by atoms with Crippen LogP contribution in [0.15, 0.2) is 42.5 Å². The molecule has 2 aromatic rings. The summed E-state index contributed by atoms with van der Waals surface area (Å²) in [4.78, 5) is 27.6. The maximum Gasteiger partial charge on any atom is 0.308 e. The second kappa shape index (κ2) is 8.27. The van der Waals surface area contributed by atoms with Crippen LogP contribution in [0.4, 0.5) is 4.39 Å². The van der Waals surface area contributed by atoms with Gasteiger partial charge in [-0.3, -0.25) is 9.59 Å². The molecule has 2 heterocycles. The molecule has 136 valence electrons. The Morgan fingerprint density at radius 3 is 2.50 bits per heavy atom. The summed E-state index contributed by atoms with van der Waals surface area (Å²) in [5.41, 5.74) is 0.951. The fourth-order valence-electron chi connectivity index (χ4n) is 2.97. The molecule has 0 atom stereocenters. The number of thiophene rings is 1. The first-order valence-corrected chi connectivity index (χ1v) is 9.29. The average Bonchev–Trinajstić information content (AvgIpc) is 3.15. The number of carbonyl (C=O) groups excluding carboxylic acids is 2. The first kappa shape index (κ1) is 18.3. The van der Waals surface area contributed by atoms with Crippen LogP contribution in [0.2, 0.25) is 0 Å². The molecule has 3 rings (SSSR count). The minimum atomic E-state index is -0.257. The van der Waals surface area contributed by atoms with E-state index >= 15 is 0 Å². The van der Waals surface area contributed by atoms with E-state index in [2.05, 4.69) is 0 Å². The Kier molecular flexibility index (Phi) is 5.83. The lowest BCUT2D eigenvalue weighted by Crippen LogP contribution is -2.39. The SMILES string of the molecule is COC(=O)C1CCN(C(=O)C=Cc2ccc(-c3ccc(F)cc3)s2)CC1. The van der Waals surface area contributed by atoms with Gasteiger partial charge < -0.3 is 9.64 Å². The highest BCUT2D eigenvalue weighted by Gasteiger charge is 2.26. The zero-order chi connectivity index (χ0) is 18.5. The lowest BCUT2D eigenvalue weighted by Gasteiger charge is -2.29. The molecule has 0 bridgehead atoms. The van der Waals surface area contributed by atoms with E-state index in [9.17, 15) is 14.0 Å². The van der Waals surface area contributed by atoms with Crippen LogP contribution in [0.3, 0.4) is 0 Å². The van der Waals surface area contributed by atoms with E-state index < -0.39 is 0 Å². The molecule has 0 spiro atoms. The number of hydrogen-bond donors (Lipinski definition) is 0. The summed E-state index contributed by atoms with van der Waals surface area (Å²) in [7, 11) is 1.39. The smallest absolute Gasteiger partial charge is 0.308 e. The van der Waals surface area contributed by atoms with Gasteiger partial charge in [-0.25, -0.2) is 4.39 Å². The Morgan fingerprint density at radius 1 is 1.15 bits per heavy atom. The van der Waals surface area contributed by atoms with E-state index in [1.54, 1.807) is 40.5 Å². The summed E-state index contributed by atoms with van der Waals surface area (Å²) in [6.45, 7) is 1.13. The van der Waals surface area contributed by atoms with Crippen LogP contribution < -0.4 is 0 Å². The van der Waals surface area contributed by atoms with Gasteiger partial charge in [0.25, 0.3) is 0 Å². The maximum absolute atomic E-state index is 13.0. The molecule has 6 heteroatoms. The monoisotopic (exact) mass is 373 g/mol. The van der Waals surface area contributed by atoms with Crippen LogP contribution in [-0.4, -0.2) is 37.0 Å². The average molecular weight is 373 g/mol. The van der Waals surface area contributed by atoms with Gasteiger partial charge >= 0.3 is 5.97 Å². The first-order valence-electron chi connectivity index (χ1n) is 8.47. The van der Waals surface area contributed by atoms with Gasteiger partial charge in [0.15, 0.2) is 0 Å². The molecule has 1 aliphatic heterocycles.